The van der Waals surface area contributed by atoms with Gasteiger partial charge in [-0.15, -0.1) is 0 Å². The van der Waals surface area contributed by atoms with Crippen molar-refractivity contribution in [1.82, 2.24) is 9.80 Å². The second kappa shape index (κ2) is 7.44. The van der Waals surface area contributed by atoms with Crippen molar-refractivity contribution >= 4 is 5.91 Å². The number of benzene rings is 1. The Balaban J connectivity index is 1.78. The van der Waals surface area contributed by atoms with E-state index in [0.29, 0.717) is 31.8 Å². The maximum atomic E-state index is 13.1. The fourth-order valence-corrected chi connectivity index (χ4v) is 3.67. The van der Waals surface area contributed by atoms with E-state index in [1.165, 1.54) is 0 Å². The van der Waals surface area contributed by atoms with Crippen LogP contribution in [-0.4, -0.2) is 65.7 Å². The van der Waals surface area contributed by atoms with Gasteiger partial charge in [-0.1, -0.05) is 44.2 Å². The molecule has 5 nitrogen and oxygen atoms in total. The first-order chi connectivity index (χ1) is 11.9. The SMILES string of the molecule is CC(C)[C@H]1CN(C(=O)C2(O)CCN(C)CC2)C[C@@H](c2ccccc2)O1. The van der Waals surface area contributed by atoms with Gasteiger partial charge in [0, 0.05) is 19.6 Å². The Kier molecular flexibility index (Phi) is 5.46. The van der Waals surface area contributed by atoms with Gasteiger partial charge in [0.15, 0.2) is 0 Å². The third-order valence-electron chi connectivity index (χ3n) is 5.54. The first kappa shape index (κ1) is 18.4. The highest BCUT2D eigenvalue weighted by Crippen LogP contribution is 2.31. The topological polar surface area (TPSA) is 53.0 Å². The predicted molar refractivity (Wildman–Crippen MR) is 97.2 cm³/mol. The zero-order valence-electron chi connectivity index (χ0n) is 15.5. The molecule has 0 saturated carbocycles. The Bertz CT molecular complexity index is 582. The minimum absolute atomic E-state index is 0.0160. The second-order valence-electron chi connectivity index (χ2n) is 7.86. The lowest BCUT2D eigenvalue weighted by Gasteiger charge is -2.44. The molecule has 5 heteroatoms. The van der Waals surface area contributed by atoms with Crippen LogP contribution >= 0.6 is 0 Å². The van der Waals surface area contributed by atoms with Gasteiger partial charge in [-0.25, -0.2) is 0 Å². The largest absolute Gasteiger partial charge is 0.380 e. The van der Waals surface area contributed by atoms with E-state index in [4.69, 9.17) is 4.74 Å². The number of ether oxygens (including phenoxy) is 1. The number of carbonyl (C=O) groups is 1. The second-order valence-corrected chi connectivity index (χ2v) is 7.86. The van der Waals surface area contributed by atoms with Crippen molar-refractivity contribution in [3.8, 4) is 0 Å². The molecule has 0 radical (unpaired) electrons. The Labute approximate surface area is 150 Å². The smallest absolute Gasteiger partial charge is 0.254 e. The van der Waals surface area contributed by atoms with Crippen molar-refractivity contribution in [1.29, 1.82) is 0 Å². The van der Waals surface area contributed by atoms with Crippen LogP contribution in [0.25, 0.3) is 0 Å². The fourth-order valence-electron chi connectivity index (χ4n) is 3.67. The molecule has 3 rings (SSSR count). The lowest BCUT2D eigenvalue weighted by Crippen LogP contribution is -2.58. The maximum absolute atomic E-state index is 13.1. The molecule has 0 aromatic heterocycles. The van der Waals surface area contributed by atoms with E-state index in [0.717, 1.165) is 18.7 Å². The van der Waals surface area contributed by atoms with Gasteiger partial charge < -0.3 is 19.6 Å². The molecule has 2 fully saturated rings. The molecule has 138 valence electrons. The number of nitrogens with zero attached hydrogens (tertiary/aromatic N) is 2. The number of hydrogen-bond acceptors (Lipinski definition) is 4. The summed E-state index contributed by atoms with van der Waals surface area (Å²) in [5.74, 6) is 0.185. The van der Waals surface area contributed by atoms with E-state index >= 15 is 0 Å². The van der Waals surface area contributed by atoms with Crippen LogP contribution in [0.4, 0.5) is 0 Å². The van der Waals surface area contributed by atoms with Gasteiger partial charge in [0.25, 0.3) is 5.91 Å². The van der Waals surface area contributed by atoms with Crippen LogP contribution in [0, 0.1) is 5.92 Å². The lowest BCUT2D eigenvalue weighted by molar-refractivity contribution is -0.171. The van der Waals surface area contributed by atoms with Crippen LogP contribution in [0.15, 0.2) is 30.3 Å². The molecule has 0 aliphatic carbocycles. The number of rotatable bonds is 3. The Morgan fingerprint density at radius 3 is 2.44 bits per heavy atom. The third-order valence-corrected chi connectivity index (χ3v) is 5.54. The summed E-state index contributed by atoms with van der Waals surface area (Å²) in [6.07, 6.45) is 0.850. The molecular formula is C20H30N2O3. The van der Waals surface area contributed by atoms with Gasteiger partial charge in [0.1, 0.15) is 11.7 Å². The highest BCUT2D eigenvalue weighted by atomic mass is 16.5. The van der Waals surface area contributed by atoms with Crippen LogP contribution < -0.4 is 0 Å². The highest BCUT2D eigenvalue weighted by molar-refractivity contribution is 5.85. The quantitative estimate of drug-likeness (QED) is 0.910. The molecule has 0 bridgehead atoms. The van der Waals surface area contributed by atoms with E-state index in [9.17, 15) is 9.90 Å². The number of morpholine rings is 1. The predicted octanol–water partition coefficient (Wildman–Crippen LogP) is 2.07. The number of likely N-dealkylation sites (tertiary alicyclic amines) is 1. The monoisotopic (exact) mass is 346 g/mol. The van der Waals surface area contributed by atoms with Gasteiger partial charge in [0.2, 0.25) is 0 Å². The number of amides is 1. The lowest BCUT2D eigenvalue weighted by atomic mass is 9.89. The molecule has 2 saturated heterocycles. The van der Waals surface area contributed by atoms with Crippen molar-refractivity contribution in [2.45, 2.75) is 44.5 Å². The van der Waals surface area contributed by atoms with Gasteiger partial charge in [0.05, 0.1) is 12.6 Å². The zero-order valence-corrected chi connectivity index (χ0v) is 15.5. The molecule has 1 aromatic rings. The van der Waals surface area contributed by atoms with Crippen LogP contribution in [-0.2, 0) is 9.53 Å². The van der Waals surface area contributed by atoms with E-state index in [2.05, 4.69) is 18.7 Å². The number of aliphatic hydroxyl groups is 1. The summed E-state index contributed by atoms with van der Waals surface area (Å²) in [6.45, 7) is 6.79. The summed E-state index contributed by atoms with van der Waals surface area (Å²) in [6, 6.07) is 10.1. The summed E-state index contributed by atoms with van der Waals surface area (Å²) < 4.78 is 6.27. The Hall–Kier alpha value is -1.43. The molecule has 1 aromatic carbocycles. The van der Waals surface area contributed by atoms with Gasteiger partial charge in [-0.3, -0.25) is 4.79 Å². The highest BCUT2D eigenvalue weighted by Gasteiger charge is 2.44. The van der Waals surface area contributed by atoms with Crippen LogP contribution in [0.1, 0.15) is 38.4 Å². The molecule has 2 aliphatic heterocycles. The normalized spacial score (nSPS) is 27.5. The summed E-state index contributed by atoms with van der Waals surface area (Å²) in [5.41, 5.74) is -0.145. The number of hydrogen-bond donors (Lipinski definition) is 1. The van der Waals surface area contributed by atoms with Crippen molar-refractivity contribution in [2.75, 3.05) is 33.2 Å². The molecule has 2 heterocycles. The average Bonchev–Trinajstić information content (AvgIpc) is 2.64. The summed E-state index contributed by atoms with van der Waals surface area (Å²) >= 11 is 0. The van der Waals surface area contributed by atoms with E-state index in [-0.39, 0.29) is 18.1 Å². The first-order valence-corrected chi connectivity index (χ1v) is 9.30. The minimum atomic E-state index is -1.23. The average molecular weight is 346 g/mol. The van der Waals surface area contributed by atoms with E-state index < -0.39 is 5.60 Å². The van der Waals surface area contributed by atoms with Gasteiger partial charge in [-0.05, 0) is 31.4 Å². The van der Waals surface area contributed by atoms with E-state index in [1.807, 2.05) is 42.3 Å². The summed E-state index contributed by atoms with van der Waals surface area (Å²) in [5, 5.41) is 10.9. The fraction of sp³-hybridized carbons (Fsp3) is 0.650. The number of piperidine rings is 1. The molecule has 25 heavy (non-hydrogen) atoms. The van der Waals surface area contributed by atoms with Crippen molar-refractivity contribution in [3.63, 3.8) is 0 Å². The van der Waals surface area contributed by atoms with Gasteiger partial charge >= 0.3 is 0 Å². The number of carbonyl (C=O) groups excluding carboxylic acids is 1. The Morgan fingerprint density at radius 2 is 1.84 bits per heavy atom. The van der Waals surface area contributed by atoms with Crippen molar-refractivity contribution in [3.05, 3.63) is 35.9 Å². The molecule has 1 amide bonds. The van der Waals surface area contributed by atoms with Crippen LogP contribution in [0.5, 0.6) is 0 Å². The Morgan fingerprint density at radius 1 is 1.20 bits per heavy atom. The van der Waals surface area contributed by atoms with Crippen LogP contribution in [0.2, 0.25) is 0 Å². The summed E-state index contributed by atoms with van der Waals surface area (Å²) in [7, 11) is 2.03. The maximum Gasteiger partial charge on any atom is 0.254 e. The van der Waals surface area contributed by atoms with Crippen molar-refractivity contribution < 1.29 is 14.6 Å². The molecule has 1 N–H and O–H groups in total. The van der Waals surface area contributed by atoms with Crippen LogP contribution in [0.3, 0.4) is 0 Å². The standard InChI is InChI=1S/C20H30N2O3/c1-15(2)17-13-22(14-18(25-17)16-7-5-4-6-8-16)19(23)20(24)9-11-21(3)12-10-20/h4-8,15,17-18,24H,9-14H2,1-3H3/t17-,18+/m1/s1. The molecule has 2 aliphatic rings. The molecule has 0 spiro atoms. The zero-order chi connectivity index (χ0) is 18.0. The molecule has 2 atom stereocenters. The first-order valence-electron chi connectivity index (χ1n) is 9.30. The van der Waals surface area contributed by atoms with E-state index in [1.54, 1.807) is 0 Å². The van der Waals surface area contributed by atoms with Crippen molar-refractivity contribution in [2.24, 2.45) is 5.92 Å². The minimum Gasteiger partial charge on any atom is -0.380 e. The third kappa shape index (κ3) is 4.05. The molecular weight excluding hydrogens is 316 g/mol. The molecule has 0 unspecified atom stereocenters. The van der Waals surface area contributed by atoms with Gasteiger partial charge in [-0.2, -0.15) is 0 Å². The summed E-state index contributed by atoms with van der Waals surface area (Å²) in [4.78, 5) is 17.1.